The van der Waals surface area contributed by atoms with E-state index in [1.165, 1.54) is 0 Å². The number of aromatic nitrogens is 1. The highest BCUT2D eigenvalue weighted by molar-refractivity contribution is 5.48. The molecule has 0 amide bonds. The molecule has 88 valence electrons. The Bertz CT molecular complexity index is 392. The van der Waals surface area contributed by atoms with Crippen molar-refractivity contribution in [2.75, 3.05) is 12.3 Å². The molecule has 1 aliphatic rings. The van der Waals surface area contributed by atoms with Gasteiger partial charge in [-0.3, -0.25) is 4.98 Å². The van der Waals surface area contributed by atoms with Crippen LogP contribution in [0.2, 0.25) is 0 Å². The third kappa shape index (κ3) is 2.03. The van der Waals surface area contributed by atoms with Crippen LogP contribution in [-0.2, 0) is 10.3 Å². The fourth-order valence-corrected chi connectivity index (χ4v) is 2.36. The zero-order chi connectivity index (χ0) is 11.8. The molecule has 0 aromatic carbocycles. The number of nitrogen functional groups attached to an aromatic ring is 1. The van der Waals surface area contributed by atoms with E-state index in [9.17, 15) is 5.11 Å². The van der Waals surface area contributed by atoms with E-state index in [4.69, 9.17) is 10.5 Å². The lowest BCUT2D eigenvalue weighted by Crippen LogP contribution is -2.44. The molecule has 0 radical (unpaired) electrons. The molecule has 1 aromatic rings. The molecule has 0 saturated carbocycles. The number of nitrogens with two attached hydrogens (primary N) is 1. The number of hydrogen-bond donors (Lipinski definition) is 2. The predicted molar refractivity (Wildman–Crippen MR) is 61.8 cm³/mol. The Hall–Kier alpha value is -1.13. The third-order valence-corrected chi connectivity index (χ3v) is 3.08. The summed E-state index contributed by atoms with van der Waals surface area (Å²) in [5, 5.41) is 10.7. The largest absolute Gasteiger partial charge is 0.398 e. The molecule has 0 spiro atoms. The molecule has 1 atom stereocenters. The molecule has 2 heterocycles. The van der Waals surface area contributed by atoms with Crippen LogP contribution < -0.4 is 5.73 Å². The lowest BCUT2D eigenvalue weighted by molar-refractivity contribution is -0.148. The number of aliphatic hydroxyl groups is 1. The second-order valence-electron chi connectivity index (χ2n) is 5.03. The lowest BCUT2D eigenvalue weighted by Gasteiger charge is -2.42. The first-order chi connectivity index (χ1) is 7.43. The zero-order valence-corrected chi connectivity index (χ0v) is 9.73. The maximum absolute atomic E-state index is 10.7. The SMILES string of the molecule is CC1(C)CC(O)(c2cnccc2N)CCO1. The van der Waals surface area contributed by atoms with Gasteiger partial charge in [0.2, 0.25) is 0 Å². The van der Waals surface area contributed by atoms with E-state index < -0.39 is 5.60 Å². The summed E-state index contributed by atoms with van der Waals surface area (Å²) in [5.41, 5.74) is 5.95. The molecule has 16 heavy (non-hydrogen) atoms. The van der Waals surface area contributed by atoms with Gasteiger partial charge >= 0.3 is 0 Å². The summed E-state index contributed by atoms with van der Waals surface area (Å²) in [4.78, 5) is 4.03. The van der Waals surface area contributed by atoms with E-state index in [0.29, 0.717) is 30.7 Å². The van der Waals surface area contributed by atoms with Gasteiger partial charge in [0.25, 0.3) is 0 Å². The average molecular weight is 222 g/mol. The normalized spacial score (nSPS) is 28.9. The molecule has 4 heteroatoms. The number of anilines is 1. The highest BCUT2D eigenvalue weighted by Crippen LogP contribution is 2.40. The van der Waals surface area contributed by atoms with Gasteiger partial charge in [0.05, 0.1) is 17.8 Å². The Morgan fingerprint density at radius 1 is 1.50 bits per heavy atom. The quantitative estimate of drug-likeness (QED) is 0.754. The van der Waals surface area contributed by atoms with Crippen molar-refractivity contribution in [3.8, 4) is 0 Å². The Morgan fingerprint density at radius 2 is 2.25 bits per heavy atom. The fraction of sp³-hybridized carbons (Fsp3) is 0.583. The fourth-order valence-electron chi connectivity index (χ4n) is 2.36. The van der Waals surface area contributed by atoms with Crippen LogP contribution in [-0.4, -0.2) is 22.3 Å². The van der Waals surface area contributed by atoms with E-state index in [2.05, 4.69) is 4.98 Å². The first-order valence-electron chi connectivity index (χ1n) is 5.49. The number of rotatable bonds is 1. The minimum Gasteiger partial charge on any atom is -0.398 e. The standard InChI is InChI=1S/C12H18N2O2/c1-11(2)8-12(15,4-6-16-11)9-7-14-5-3-10(9)13/h3,5,7,15H,4,6,8H2,1-2H3,(H2,13,14). The van der Waals surface area contributed by atoms with Crippen LogP contribution in [0.4, 0.5) is 5.69 Å². The Labute approximate surface area is 95.4 Å². The molecule has 2 rings (SSSR count). The van der Waals surface area contributed by atoms with Crippen LogP contribution >= 0.6 is 0 Å². The van der Waals surface area contributed by atoms with Crippen molar-refractivity contribution in [3.05, 3.63) is 24.0 Å². The van der Waals surface area contributed by atoms with Gasteiger partial charge in [-0.15, -0.1) is 0 Å². The molecule has 1 aromatic heterocycles. The van der Waals surface area contributed by atoms with Crippen molar-refractivity contribution in [2.24, 2.45) is 0 Å². The molecule has 4 nitrogen and oxygen atoms in total. The van der Waals surface area contributed by atoms with Gasteiger partial charge in [0.1, 0.15) is 0 Å². The monoisotopic (exact) mass is 222 g/mol. The van der Waals surface area contributed by atoms with Gasteiger partial charge < -0.3 is 15.6 Å². The van der Waals surface area contributed by atoms with Crippen molar-refractivity contribution in [3.63, 3.8) is 0 Å². The lowest BCUT2D eigenvalue weighted by atomic mass is 9.79. The molecule has 0 aliphatic carbocycles. The molecule has 1 saturated heterocycles. The molecule has 0 bridgehead atoms. The number of ether oxygens (including phenoxy) is 1. The Kier molecular flexibility index (Phi) is 2.64. The number of nitrogens with zero attached hydrogens (tertiary/aromatic N) is 1. The summed E-state index contributed by atoms with van der Waals surface area (Å²) in [6, 6.07) is 1.72. The van der Waals surface area contributed by atoms with Gasteiger partial charge in [0.15, 0.2) is 0 Å². The highest BCUT2D eigenvalue weighted by atomic mass is 16.5. The maximum Gasteiger partial charge on any atom is 0.0980 e. The summed E-state index contributed by atoms with van der Waals surface area (Å²) < 4.78 is 5.60. The van der Waals surface area contributed by atoms with Crippen molar-refractivity contribution in [1.82, 2.24) is 4.98 Å². The van der Waals surface area contributed by atoms with Crippen LogP contribution in [0.15, 0.2) is 18.5 Å². The Balaban J connectivity index is 2.35. The van der Waals surface area contributed by atoms with Gasteiger partial charge in [-0.05, 0) is 19.9 Å². The second kappa shape index (κ2) is 3.71. The summed E-state index contributed by atoms with van der Waals surface area (Å²) in [6.07, 6.45) is 4.38. The van der Waals surface area contributed by atoms with Crippen LogP contribution in [0.5, 0.6) is 0 Å². The Morgan fingerprint density at radius 3 is 2.88 bits per heavy atom. The maximum atomic E-state index is 10.7. The van der Waals surface area contributed by atoms with E-state index in [0.717, 1.165) is 0 Å². The van der Waals surface area contributed by atoms with Gasteiger partial charge in [-0.25, -0.2) is 0 Å². The molecule has 1 fully saturated rings. The van der Waals surface area contributed by atoms with E-state index in [1.807, 2.05) is 13.8 Å². The highest BCUT2D eigenvalue weighted by Gasteiger charge is 2.41. The van der Waals surface area contributed by atoms with Crippen LogP contribution in [0.25, 0.3) is 0 Å². The van der Waals surface area contributed by atoms with E-state index in [-0.39, 0.29) is 5.60 Å². The molecular formula is C12H18N2O2. The molecule has 1 unspecified atom stereocenters. The predicted octanol–water partition coefficient (Wildman–Crippen LogP) is 1.44. The van der Waals surface area contributed by atoms with Crippen molar-refractivity contribution in [2.45, 2.75) is 37.9 Å². The summed E-state index contributed by atoms with van der Waals surface area (Å²) in [7, 11) is 0. The number of hydrogen-bond acceptors (Lipinski definition) is 4. The zero-order valence-electron chi connectivity index (χ0n) is 9.73. The smallest absolute Gasteiger partial charge is 0.0980 e. The summed E-state index contributed by atoms with van der Waals surface area (Å²) >= 11 is 0. The van der Waals surface area contributed by atoms with Crippen molar-refractivity contribution >= 4 is 5.69 Å². The van der Waals surface area contributed by atoms with Crippen LogP contribution in [0.3, 0.4) is 0 Å². The van der Waals surface area contributed by atoms with Gasteiger partial charge in [-0.2, -0.15) is 0 Å². The molecule has 3 N–H and O–H groups in total. The van der Waals surface area contributed by atoms with Crippen molar-refractivity contribution < 1.29 is 9.84 Å². The first kappa shape index (κ1) is 11.4. The summed E-state index contributed by atoms with van der Waals surface area (Å²) in [5.74, 6) is 0. The van der Waals surface area contributed by atoms with Crippen LogP contribution in [0.1, 0.15) is 32.3 Å². The third-order valence-electron chi connectivity index (χ3n) is 3.08. The van der Waals surface area contributed by atoms with Crippen molar-refractivity contribution in [1.29, 1.82) is 0 Å². The summed E-state index contributed by atoms with van der Waals surface area (Å²) in [6.45, 7) is 4.49. The average Bonchev–Trinajstić information content (AvgIpc) is 2.16. The van der Waals surface area contributed by atoms with Gasteiger partial charge in [0, 0.05) is 36.5 Å². The molecular weight excluding hydrogens is 204 g/mol. The van der Waals surface area contributed by atoms with E-state index in [1.54, 1.807) is 18.5 Å². The number of pyridine rings is 1. The minimum absolute atomic E-state index is 0.324. The first-order valence-corrected chi connectivity index (χ1v) is 5.49. The van der Waals surface area contributed by atoms with E-state index >= 15 is 0 Å². The van der Waals surface area contributed by atoms with Crippen LogP contribution in [0, 0.1) is 0 Å². The van der Waals surface area contributed by atoms with Gasteiger partial charge in [-0.1, -0.05) is 0 Å². The minimum atomic E-state index is -0.917. The second-order valence-corrected chi connectivity index (χ2v) is 5.03. The molecule has 1 aliphatic heterocycles. The topological polar surface area (TPSA) is 68.4 Å².